The number of rotatable bonds is 4. The van der Waals surface area contributed by atoms with E-state index in [4.69, 9.17) is 16.3 Å². The van der Waals surface area contributed by atoms with Crippen LogP contribution in [0.3, 0.4) is 0 Å². The Morgan fingerprint density at radius 1 is 1.53 bits per heavy atom. The van der Waals surface area contributed by atoms with Crippen LogP contribution in [0.15, 0.2) is 36.7 Å². The Morgan fingerprint density at radius 3 is 2.95 bits per heavy atom. The monoisotopic (exact) mass is 279 g/mol. The zero-order valence-electron chi connectivity index (χ0n) is 10.6. The Balaban J connectivity index is 2.08. The lowest BCUT2D eigenvalue weighted by Crippen LogP contribution is -2.23. The fraction of sp³-hybridized carbons (Fsp3) is 0.231. The molecule has 100 valence electrons. The Labute approximate surface area is 116 Å². The van der Waals surface area contributed by atoms with E-state index in [1.807, 2.05) is 12.1 Å². The zero-order valence-corrected chi connectivity index (χ0v) is 11.4. The first-order chi connectivity index (χ1) is 9.10. The van der Waals surface area contributed by atoms with Crippen molar-refractivity contribution in [3.8, 4) is 5.75 Å². The number of amides is 1. The van der Waals surface area contributed by atoms with Gasteiger partial charge < -0.3 is 10.1 Å². The minimum atomic E-state index is -0.446. The van der Waals surface area contributed by atoms with Crippen LogP contribution < -0.4 is 10.1 Å². The number of nitrogens with one attached hydrogen (secondary N) is 1. The molecule has 0 radical (unpaired) electrons. The third kappa shape index (κ3) is 3.26. The van der Waals surface area contributed by atoms with Crippen LogP contribution >= 0.6 is 11.6 Å². The molecule has 0 aliphatic heterocycles. The van der Waals surface area contributed by atoms with Gasteiger partial charge in [0.05, 0.1) is 18.3 Å². The highest BCUT2D eigenvalue weighted by atomic mass is 35.5. The van der Waals surface area contributed by atoms with E-state index in [9.17, 15) is 4.79 Å². The quantitative estimate of drug-likeness (QED) is 0.936. The molecular formula is C13H14ClN3O2. The molecule has 0 fully saturated rings. The Hall–Kier alpha value is -2.01. The fourth-order valence-corrected chi connectivity index (χ4v) is 1.74. The van der Waals surface area contributed by atoms with Crippen molar-refractivity contribution in [2.24, 2.45) is 0 Å². The molecule has 5 nitrogen and oxygen atoms in total. The first-order valence-corrected chi connectivity index (χ1v) is 6.12. The molecule has 1 N–H and O–H groups in total. The van der Waals surface area contributed by atoms with E-state index < -0.39 is 6.04 Å². The SMILES string of the molecule is COc1cccc(NC(=O)C(C)n2cc(Cl)cn2)c1. The van der Waals surface area contributed by atoms with Crippen molar-refractivity contribution < 1.29 is 9.53 Å². The van der Waals surface area contributed by atoms with E-state index >= 15 is 0 Å². The molecular weight excluding hydrogens is 266 g/mol. The molecule has 2 rings (SSSR count). The van der Waals surface area contributed by atoms with Crippen LogP contribution in [-0.2, 0) is 4.79 Å². The topological polar surface area (TPSA) is 56.1 Å². The number of ether oxygens (including phenoxy) is 1. The molecule has 1 amide bonds. The van der Waals surface area contributed by atoms with Crippen LogP contribution in [0.5, 0.6) is 5.75 Å². The van der Waals surface area contributed by atoms with Crippen LogP contribution in [0.25, 0.3) is 0 Å². The minimum absolute atomic E-state index is 0.173. The average molecular weight is 280 g/mol. The lowest BCUT2D eigenvalue weighted by Gasteiger charge is -2.13. The highest BCUT2D eigenvalue weighted by Crippen LogP contribution is 2.18. The maximum Gasteiger partial charge on any atom is 0.248 e. The smallest absolute Gasteiger partial charge is 0.248 e. The Bertz CT molecular complexity index is 583. The predicted molar refractivity (Wildman–Crippen MR) is 73.6 cm³/mol. The summed E-state index contributed by atoms with van der Waals surface area (Å²) >= 11 is 5.78. The molecule has 0 saturated carbocycles. The number of hydrogen-bond acceptors (Lipinski definition) is 3. The van der Waals surface area contributed by atoms with Crippen molar-refractivity contribution in [3.63, 3.8) is 0 Å². The van der Waals surface area contributed by atoms with Gasteiger partial charge in [0.2, 0.25) is 5.91 Å². The summed E-state index contributed by atoms with van der Waals surface area (Å²) in [5.74, 6) is 0.514. The second-order valence-electron chi connectivity index (χ2n) is 4.04. The highest BCUT2D eigenvalue weighted by Gasteiger charge is 2.16. The third-order valence-electron chi connectivity index (χ3n) is 2.68. The van der Waals surface area contributed by atoms with E-state index in [0.29, 0.717) is 16.5 Å². The van der Waals surface area contributed by atoms with Gasteiger partial charge in [-0.05, 0) is 19.1 Å². The van der Waals surface area contributed by atoms with E-state index in [1.165, 1.54) is 10.9 Å². The number of hydrogen-bond donors (Lipinski definition) is 1. The summed E-state index contributed by atoms with van der Waals surface area (Å²) in [6, 6.07) is 6.72. The molecule has 6 heteroatoms. The summed E-state index contributed by atoms with van der Waals surface area (Å²) in [6.45, 7) is 1.75. The van der Waals surface area contributed by atoms with Gasteiger partial charge in [-0.15, -0.1) is 0 Å². The number of carbonyl (C=O) groups excluding carboxylic acids is 1. The molecule has 2 aromatic rings. The van der Waals surface area contributed by atoms with Crippen molar-refractivity contribution in [1.29, 1.82) is 0 Å². The van der Waals surface area contributed by atoms with Gasteiger partial charge in [-0.25, -0.2) is 0 Å². The number of methoxy groups -OCH3 is 1. The molecule has 0 spiro atoms. The Kier molecular flexibility index (Phi) is 4.06. The number of carbonyl (C=O) groups is 1. The van der Waals surface area contributed by atoms with Crippen LogP contribution in [0.1, 0.15) is 13.0 Å². The first kappa shape index (κ1) is 13.4. The molecule has 0 saturated heterocycles. The molecule has 1 aromatic heterocycles. The molecule has 1 heterocycles. The number of anilines is 1. The van der Waals surface area contributed by atoms with Crippen LogP contribution in [-0.4, -0.2) is 22.8 Å². The average Bonchev–Trinajstić information content (AvgIpc) is 2.84. The van der Waals surface area contributed by atoms with Crippen LogP contribution in [0.2, 0.25) is 5.02 Å². The molecule has 1 unspecified atom stereocenters. The Morgan fingerprint density at radius 2 is 2.32 bits per heavy atom. The van der Waals surface area contributed by atoms with Crippen molar-refractivity contribution in [2.45, 2.75) is 13.0 Å². The van der Waals surface area contributed by atoms with Gasteiger partial charge in [-0.1, -0.05) is 17.7 Å². The van der Waals surface area contributed by atoms with Gasteiger partial charge in [0.1, 0.15) is 11.8 Å². The summed E-state index contributed by atoms with van der Waals surface area (Å²) in [7, 11) is 1.58. The van der Waals surface area contributed by atoms with Gasteiger partial charge in [-0.3, -0.25) is 9.48 Å². The fourth-order valence-electron chi connectivity index (χ4n) is 1.59. The second-order valence-corrected chi connectivity index (χ2v) is 4.47. The predicted octanol–water partition coefficient (Wildman–Crippen LogP) is 2.74. The van der Waals surface area contributed by atoms with Crippen molar-refractivity contribution in [3.05, 3.63) is 41.7 Å². The van der Waals surface area contributed by atoms with Gasteiger partial charge in [-0.2, -0.15) is 5.10 Å². The molecule has 19 heavy (non-hydrogen) atoms. The number of benzene rings is 1. The van der Waals surface area contributed by atoms with Crippen molar-refractivity contribution >= 4 is 23.2 Å². The van der Waals surface area contributed by atoms with Gasteiger partial charge >= 0.3 is 0 Å². The van der Waals surface area contributed by atoms with Crippen LogP contribution in [0.4, 0.5) is 5.69 Å². The maximum absolute atomic E-state index is 12.1. The second kappa shape index (κ2) is 5.75. The number of halogens is 1. The molecule has 0 aliphatic carbocycles. The largest absolute Gasteiger partial charge is 0.497 e. The lowest BCUT2D eigenvalue weighted by atomic mass is 10.2. The number of aromatic nitrogens is 2. The maximum atomic E-state index is 12.1. The standard InChI is InChI=1S/C13H14ClN3O2/c1-9(17-8-10(14)7-15-17)13(18)16-11-4-3-5-12(6-11)19-2/h3-9H,1-2H3,(H,16,18). The van der Waals surface area contributed by atoms with Crippen LogP contribution in [0, 0.1) is 0 Å². The zero-order chi connectivity index (χ0) is 13.8. The molecule has 0 aliphatic rings. The molecule has 1 aromatic carbocycles. The van der Waals surface area contributed by atoms with Gasteiger partial charge in [0.15, 0.2) is 0 Å². The summed E-state index contributed by atoms with van der Waals surface area (Å²) in [4.78, 5) is 12.1. The minimum Gasteiger partial charge on any atom is -0.497 e. The van der Waals surface area contributed by atoms with E-state index in [0.717, 1.165) is 0 Å². The number of nitrogens with zero attached hydrogens (tertiary/aromatic N) is 2. The summed E-state index contributed by atoms with van der Waals surface area (Å²) in [5.41, 5.74) is 0.675. The van der Waals surface area contributed by atoms with E-state index in [-0.39, 0.29) is 5.91 Å². The van der Waals surface area contributed by atoms with E-state index in [1.54, 1.807) is 32.4 Å². The highest BCUT2D eigenvalue weighted by molar-refractivity contribution is 6.30. The van der Waals surface area contributed by atoms with Crippen molar-refractivity contribution in [1.82, 2.24) is 9.78 Å². The van der Waals surface area contributed by atoms with Gasteiger partial charge in [0.25, 0.3) is 0 Å². The summed E-state index contributed by atoms with van der Waals surface area (Å²) < 4.78 is 6.61. The van der Waals surface area contributed by atoms with Crippen molar-refractivity contribution in [2.75, 3.05) is 12.4 Å². The first-order valence-electron chi connectivity index (χ1n) is 5.74. The summed E-state index contributed by atoms with van der Waals surface area (Å²) in [5, 5.41) is 7.31. The van der Waals surface area contributed by atoms with E-state index in [2.05, 4.69) is 10.4 Å². The van der Waals surface area contributed by atoms with Gasteiger partial charge in [0, 0.05) is 18.0 Å². The summed E-state index contributed by atoms with van der Waals surface area (Å²) in [6.07, 6.45) is 3.11. The molecule has 0 bridgehead atoms. The third-order valence-corrected chi connectivity index (χ3v) is 2.88. The normalized spacial score (nSPS) is 11.9. The lowest BCUT2D eigenvalue weighted by molar-refractivity contribution is -0.119. The molecule has 1 atom stereocenters.